The van der Waals surface area contributed by atoms with E-state index in [0.717, 1.165) is 31.9 Å². The number of nitrogens with zero attached hydrogens (tertiary/aromatic N) is 2. The van der Waals surface area contributed by atoms with Gasteiger partial charge in [0.05, 0.1) is 6.42 Å². The quantitative estimate of drug-likeness (QED) is 0.609. The number of hydrogen-bond acceptors (Lipinski definition) is 2. The van der Waals surface area contributed by atoms with Gasteiger partial charge in [0.25, 0.3) is 0 Å². The molecule has 2 amide bonds. The molecule has 160 valence electrons. The van der Waals surface area contributed by atoms with Crippen molar-refractivity contribution in [1.29, 1.82) is 0 Å². The molecule has 0 spiro atoms. The zero-order chi connectivity index (χ0) is 21.2. The highest BCUT2D eigenvalue weighted by Crippen LogP contribution is 2.48. The van der Waals surface area contributed by atoms with Crippen LogP contribution in [-0.2, 0) is 22.4 Å². The van der Waals surface area contributed by atoms with Crippen LogP contribution in [0.4, 0.5) is 13.2 Å². The lowest BCUT2D eigenvalue weighted by molar-refractivity contribution is -0.162. The predicted molar refractivity (Wildman–Crippen MR) is 104 cm³/mol. The molecule has 0 aromatic heterocycles. The molecule has 1 aliphatic heterocycles. The van der Waals surface area contributed by atoms with E-state index in [9.17, 15) is 22.8 Å². The first-order chi connectivity index (χ1) is 13.7. The first-order valence-electron chi connectivity index (χ1n) is 10.4. The summed E-state index contributed by atoms with van der Waals surface area (Å²) in [6, 6.07) is 7.17. The maximum absolute atomic E-state index is 12.9. The van der Waals surface area contributed by atoms with Crippen LogP contribution in [0.3, 0.4) is 0 Å². The van der Waals surface area contributed by atoms with Crippen molar-refractivity contribution in [3.63, 3.8) is 0 Å². The van der Waals surface area contributed by atoms with Crippen molar-refractivity contribution in [1.82, 2.24) is 9.80 Å². The van der Waals surface area contributed by atoms with Crippen molar-refractivity contribution in [2.75, 3.05) is 13.6 Å². The van der Waals surface area contributed by atoms with Crippen LogP contribution in [0.2, 0.25) is 0 Å². The number of fused-ring (bicyclic) bond motifs is 1. The van der Waals surface area contributed by atoms with Gasteiger partial charge in [-0.3, -0.25) is 9.59 Å². The van der Waals surface area contributed by atoms with Crippen LogP contribution in [0, 0.1) is 5.92 Å². The van der Waals surface area contributed by atoms with Crippen LogP contribution in [0.15, 0.2) is 24.3 Å². The fourth-order valence-corrected chi connectivity index (χ4v) is 4.31. The monoisotopic (exact) mass is 410 g/mol. The molecule has 1 aliphatic carbocycles. The van der Waals surface area contributed by atoms with Crippen LogP contribution in [0.1, 0.15) is 50.2 Å². The molecule has 4 nitrogen and oxygen atoms in total. The molecule has 1 heterocycles. The number of likely N-dealkylation sites (N-methyl/N-ethyl adjacent to an activating group) is 1. The third kappa shape index (κ3) is 5.52. The van der Waals surface area contributed by atoms with Crippen LogP contribution in [0.25, 0.3) is 0 Å². The Bertz CT molecular complexity index is 733. The smallest absolute Gasteiger partial charge is 0.335 e. The minimum atomic E-state index is -4.44. The van der Waals surface area contributed by atoms with Crippen molar-refractivity contribution in [3.8, 4) is 0 Å². The standard InChI is InChI=1S/C22H29F3N2O2/c1-3-4-5-6-15-7-9-16(10-8-15)11-20(28)27-18-12-17(18)13-19(27)21(29)26(2)14-22(23,24)25/h7-10,17-19H,3-6,11-14H2,1-2H3/t17-,18-,19-/m1/s1. The fourth-order valence-electron chi connectivity index (χ4n) is 4.31. The lowest BCUT2D eigenvalue weighted by Gasteiger charge is -2.30. The minimum absolute atomic E-state index is 0.00375. The fraction of sp³-hybridized carbons (Fsp3) is 0.636. The summed E-state index contributed by atoms with van der Waals surface area (Å²) in [7, 11) is 1.15. The molecule has 0 N–H and O–H groups in total. The molecule has 3 rings (SSSR count). The topological polar surface area (TPSA) is 40.6 Å². The third-order valence-electron chi connectivity index (χ3n) is 5.92. The summed E-state index contributed by atoms with van der Waals surface area (Å²) in [6.45, 7) is 0.871. The van der Waals surface area contributed by atoms with Crippen LogP contribution < -0.4 is 0 Å². The van der Waals surface area contributed by atoms with E-state index in [2.05, 4.69) is 6.92 Å². The Hall–Kier alpha value is -2.05. The van der Waals surface area contributed by atoms with E-state index in [0.29, 0.717) is 11.3 Å². The summed E-state index contributed by atoms with van der Waals surface area (Å²) in [5.41, 5.74) is 2.10. The molecule has 0 radical (unpaired) electrons. The summed E-state index contributed by atoms with van der Waals surface area (Å²) < 4.78 is 37.9. The maximum Gasteiger partial charge on any atom is 0.406 e. The van der Waals surface area contributed by atoms with Crippen molar-refractivity contribution in [2.45, 2.75) is 70.1 Å². The summed E-state index contributed by atoms with van der Waals surface area (Å²) in [5, 5.41) is 0. The van der Waals surface area contributed by atoms with E-state index in [-0.39, 0.29) is 24.3 Å². The van der Waals surface area contributed by atoms with Gasteiger partial charge in [-0.15, -0.1) is 0 Å². The van der Waals surface area contributed by atoms with Crippen LogP contribution >= 0.6 is 0 Å². The van der Waals surface area contributed by atoms with Gasteiger partial charge in [-0.1, -0.05) is 44.0 Å². The predicted octanol–water partition coefficient (Wildman–Crippen LogP) is 3.97. The van der Waals surface area contributed by atoms with E-state index in [1.165, 1.54) is 18.4 Å². The van der Waals surface area contributed by atoms with Gasteiger partial charge in [-0.2, -0.15) is 13.2 Å². The number of carbonyl (C=O) groups excluding carboxylic acids is 2. The van der Waals surface area contributed by atoms with Crippen molar-refractivity contribution in [3.05, 3.63) is 35.4 Å². The summed E-state index contributed by atoms with van der Waals surface area (Å²) >= 11 is 0. The number of rotatable bonds is 8. The zero-order valence-electron chi connectivity index (χ0n) is 17.0. The number of likely N-dealkylation sites (tertiary alicyclic amines) is 1. The van der Waals surface area contributed by atoms with E-state index in [1.54, 1.807) is 4.90 Å². The van der Waals surface area contributed by atoms with Gasteiger partial charge in [0.1, 0.15) is 12.6 Å². The average molecular weight is 410 g/mol. The Morgan fingerprint density at radius 3 is 2.38 bits per heavy atom. The lowest BCUT2D eigenvalue weighted by atomic mass is 10.0. The highest BCUT2D eigenvalue weighted by atomic mass is 19.4. The van der Waals surface area contributed by atoms with Gasteiger partial charge in [-0.25, -0.2) is 0 Å². The van der Waals surface area contributed by atoms with Crippen molar-refractivity contribution < 1.29 is 22.8 Å². The number of halogens is 3. The van der Waals surface area contributed by atoms with E-state index >= 15 is 0 Å². The molecular formula is C22H29F3N2O2. The summed E-state index contributed by atoms with van der Waals surface area (Å²) in [5.74, 6) is -0.547. The molecule has 1 aromatic carbocycles. The zero-order valence-corrected chi connectivity index (χ0v) is 17.0. The molecule has 1 aromatic rings. The van der Waals surface area contributed by atoms with Crippen molar-refractivity contribution >= 4 is 11.8 Å². The number of amides is 2. The first kappa shape index (κ1) is 21.7. The van der Waals surface area contributed by atoms with Crippen LogP contribution in [-0.4, -0.2) is 53.5 Å². The molecular weight excluding hydrogens is 381 g/mol. The third-order valence-corrected chi connectivity index (χ3v) is 5.92. The average Bonchev–Trinajstić information content (AvgIpc) is 3.30. The van der Waals surface area contributed by atoms with Gasteiger partial charge < -0.3 is 9.80 Å². The molecule has 0 bridgehead atoms. The van der Waals surface area contributed by atoms with Gasteiger partial charge in [0, 0.05) is 13.1 Å². The lowest BCUT2D eigenvalue weighted by Crippen LogP contribution is -2.50. The Morgan fingerprint density at radius 1 is 1.10 bits per heavy atom. The number of piperidine rings is 1. The second-order valence-electron chi connectivity index (χ2n) is 8.38. The van der Waals surface area contributed by atoms with E-state index < -0.39 is 24.7 Å². The highest BCUT2D eigenvalue weighted by molar-refractivity contribution is 5.90. The SMILES string of the molecule is CCCCCc1ccc(CC(=O)N2[C@@H](C(=O)N(C)CC(F)(F)F)C[C@H]3C[C@H]32)cc1. The van der Waals surface area contributed by atoms with Gasteiger partial charge in [-0.05, 0) is 42.7 Å². The van der Waals surface area contributed by atoms with E-state index in [4.69, 9.17) is 0 Å². The number of carbonyl (C=O) groups is 2. The largest absolute Gasteiger partial charge is 0.406 e. The van der Waals surface area contributed by atoms with E-state index in [1.807, 2.05) is 24.3 Å². The van der Waals surface area contributed by atoms with Gasteiger partial charge in [0.2, 0.25) is 11.8 Å². The number of aryl methyl sites for hydroxylation is 1. The van der Waals surface area contributed by atoms with Gasteiger partial charge in [0.15, 0.2) is 0 Å². The molecule has 3 atom stereocenters. The van der Waals surface area contributed by atoms with Crippen molar-refractivity contribution in [2.24, 2.45) is 5.92 Å². The van der Waals surface area contributed by atoms with Crippen LogP contribution in [0.5, 0.6) is 0 Å². The molecule has 1 saturated carbocycles. The minimum Gasteiger partial charge on any atom is -0.335 e. The summed E-state index contributed by atoms with van der Waals surface area (Å²) in [6.07, 6.45) is 1.55. The second-order valence-corrected chi connectivity index (χ2v) is 8.38. The number of alkyl halides is 3. The second kappa shape index (κ2) is 8.76. The summed E-state index contributed by atoms with van der Waals surface area (Å²) in [4.78, 5) is 27.7. The first-order valence-corrected chi connectivity index (χ1v) is 10.4. The highest BCUT2D eigenvalue weighted by Gasteiger charge is 2.56. The number of benzene rings is 1. The number of unbranched alkanes of at least 4 members (excludes halogenated alkanes) is 2. The maximum atomic E-state index is 12.9. The molecule has 2 fully saturated rings. The normalized spacial score (nSPS) is 23.1. The molecule has 0 unspecified atom stereocenters. The van der Waals surface area contributed by atoms with Gasteiger partial charge >= 0.3 is 6.18 Å². The number of hydrogen-bond donors (Lipinski definition) is 0. The molecule has 2 aliphatic rings. The Kier molecular flexibility index (Phi) is 6.54. The Morgan fingerprint density at radius 2 is 1.76 bits per heavy atom. The molecule has 7 heteroatoms. The molecule has 1 saturated heterocycles. The molecule has 29 heavy (non-hydrogen) atoms. The Balaban J connectivity index is 1.61. The Labute approximate surface area is 170 Å².